The summed E-state index contributed by atoms with van der Waals surface area (Å²) in [7, 11) is 0. The number of carbonyl (C=O) groups is 1. The Morgan fingerprint density at radius 3 is 2.00 bits per heavy atom. The van der Waals surface area contributed by atoms with E-state index in [-0.39, 0.29) is 5.41 Å². The van der Waals surface area contributed by atoms with Gasteiger partial charge in [-0.05, 0) is 55.3 Å². The Morgan fingerprint density at radius 2 is 1.60 bits per heavy atom. The lowest BCUT2D eigenvalue weighted by Gasteiger charge is -2.63. The second kappa shape index (κ2) is 2.41. The second-order valence-corrected chi connectivity index (χ2v) is 7.22. The lowest BCUT2D eigenvalue weighted by Crippen LogP contribution is -2.57. The fraction of sp³-hybridized carbons (Fsp3) is 0.923. The maximum Gasteiger partial charge on any atom is 0.309 e. The lowest BCUT2D eigenvalue weighted by atomic mass is 9.40. The molecule has 0 aromatic heterocycles. The SMILES string of the molecule is CC12CC3CC(C(=O)O)(C1)C[C@](C)(C3)C2. The predicted octanol–water partition coefficient (Wildman–Crippen LogP) is 3.07. The molecule has 0 radical (unpaired) electrons. The number of carboxylic acid groups (broad SMARTS) is 1. The van der Waals surface area contributed by atoms with Crippen LogP contribution >= 0.6 is 0 Å². The molecule has 0 aliphatic heterocycles. The number of aliphatic carboxylic acids is 1. The van der Waals surface area contributed by atoms with Crippen LogP contribution in [0.1, 0.15) is 52.4 Å². The molecule has 4 aliphatic carbocycles. The molecule has 0 aromatic rings. The highest BCUT2D eigenvalue weighted by atomic mass is 16.4. The summed E-state index contributed by atoms with van der Waals surface area (Å²) in [6.45, 7) is 4.63. The fourth-order valence-electron chi connectivity index (χ4n) is 5.69. The van der Waals surface area contributed by atoms with Gasteiger partial charge in [0.25, 0.3) is 0 Å². The van der Waals surface area contributed by atoms with Crippen molar-refractivity contribution >= 4 is 5.97 Å². The van der Waals surface area contributed by atoms with Crippen LogP contribution in [0.2, 0.25) is 0 Å². The summed E-state index contributed by atoms with van der Waals surface area (Å²) in [6, 6.07) is 0. The molecular formula is C13H20O2. The van der Waals surface area contributed by atoms with E-state index in [9.17, 15) is 9.90 Å². The van der Waals surface area contributed by atoms with Crippen LogP contribution in [-0.4, -0.2) is 11.1 Å². The van der Waals surface area contributed by atoms with Crippen LogP contribution in [-0.2, 0) is 4.79 Å². The summed E-state index contributed by atoms with van der Waals surface area (Å²) in [6.07, 6.45) is 6.62. The zero-order chi connectivity index (χ0) is 10.9. The maximum atomic E-state index is 11.5. The molecule has 15 heavy (non-hydrogen) atoms. The third kappa shape index (κ3) is 1.20. The van der Waals surface area contributed by atoms with Gasteiger partial charge in [0.2, 0.25) is 0 Å². The summed E-state index contributed by atoms with van der Waals surface area (Å²) in [4.78, 5) is 11.5. The van der Waals surface area contributed by atoms with E-state index in [1.165, 1.54) is 19.3 Å². The average Bonchev–Trinajstić information content (AvgIpc) is 1.95. The highest BCUT2D eigenvalue weighted by Gasteiger charge is 2.62. The number of carboxylic acids is 1. The van der Waals surface area contributed by atoms with Crippen molar-refractivity contribution in [2.45, 2.75) is 52.4 Å². The van der Waals surface area contributed by atoms with Crippen LogP contribution in [0, 0.1) is 22.2 Å². The van der Waals surface area contributed by atoms with Gasteiger partial charge in [0.15, 0.2) is 0 Å². The van der Waals surface area contributed by atoms with Gasteiger partial charge >= 0.3 is 5.97 Å². The predicted molar refractivity (Wildman–Crippen MR) is 57.5 cm³/mol. The molecule has 0 saturated heterocycles. The first-order chi connectivity index (χ1) is 6.85. The first kappa shape index (κ1) is 9.68. The van der Waals surface area contributed by atoms with Gasteiger partial charge in [-0.3, -0.25) is 4.79 Å². The molecule has 0 amide bonds. The molecule has 4 saturated carbocycles. The molecule has 0 spiro atoms. The van der Waals surface area contributed by atoms with E-state index in [2.05, 4.69) is 13.8 Å². The Labute approximate surface area is 91.1 Å². The molecule has 2 nitrogen and oxygen atoms in total. The van der Waals surface area contributed by atoms with Crippen LogP contribution in [0.5, 0.6) is 0 Å². The molecule has 84 valence electrons. The zero-order valence-corrected chi connectivity index (χ0v) is 9.68. The Bertz CT molecular complexity index is 315. The molecule has 0 heterocycles. The zero-order valence-electron chi connectivity index (χ0n) is 9.68. The van der Waals surface area contributed by atoms with Crippen LogP contribution in [0.25, 0.3) is 0 Å². The van der Waals surface area contributed by atoms with Crippen molar-refractivity contribution in [1.82, 2.24) is 0 Å². The standard InChI is InChI=1S/C13H20O2/c1-11-3-9-4-12(2,6-11)8-13(5-9,7-11)10(14)15/h9H,3-8H2,1-2H3,(H,14,15)/t9?,11-,12?,13?/m1/s1. The normalized spacial score (nSPS) is 57.1. The largest absolute Gasteiger partial charge is 0.481 e. The molecular weight excluding hydrogens is 188 g/mol. The van der Waals surface area contributed by atoms with Crippen molar-refractivity contribution in [2.75, 3.05) is 0 Å². The number of hydrogen-bond acceptors (Lipinski definition) is 1. The van der Waals surface area contributed by atoms with Gasteiger partial charge in [-0.1, -0.05) is 13.8 Å². The minimum absolute atomic E-state index is 0.326. The van der Waals surface area contributed by atoms with E-state index < -0.39 is 5.97 Å². The van der Waals surface area contributed by atoms with Crippen molar-refractivity contribution < 1.29 is 9.90 Å². The summed E-state index contributed by atoms with van der Waals surface area (Å²) in [5.74, 6) is 0.163. The molecule has 4 aliphatic rings. The van der Waals surface area contributed by atoms with Gasteiger partial charge < -0.3 is 5.11 Å². The van der Waals surface area contributed by atoms with Crippen molar-refractivity contribution in [1.29, 1.82) is 0 Å². The molecule has 4 rings (SSSR count). The smallest absolute Gasteiger partial charge is 0.309 e. The first-order valence-corrected chi connectivity index (χ1v) is 6.08. The molecule has 3 unspecified atom stereocenters. The fourth-order valence-corrected chi connectivity index (χ4v) is 5.69. The Morgan fingerprint density at radius 1 is 1.07 bits per heavy atom. The van der Waals surface area contributed by atoms with E-state index >= 15 is 0 Å². The van der Waals surface area contributed by atoms with Crippen LogP contribution < -0.4 is 0 Å². The molecule has 4 bridgehead atoms. The van der Waals surface area contributed by atoms with Crippen molar-refractivity contribution in [2.24, 2.45) is 22.2 Å². The monoisotopic (exact) mass is 208 g/mol. The van der Waals surface area contributed by atoms with E-state index in [4.69, 9.17) is 0 Å². The van der Waals surface area contributed by atoms with Crippen LogP contribution in [0.4, 0.5) is 0 Å². The number of rotatable bonds is 1. The molecule has 4 fully saturated rings. The van der Waals surface area contributed by atoms with E-state index in [0.29, 0.717) is 16.7 Å². The van der Waals surface area contributed by atoms with Crippen LogP contribution in [0.3, 0.4) is 0 Å². The topological polar surface area (TPSA) is 37.3 Å². The average molecular weight is 208 g/mol. The Kier molecular flexibility index (Phi) is 1.56. The third-order valence-corrected chi connectivity index (χ3v) is 5.08. The van der Waals surface area contributed by atoms with E-state index in [0.717, 1.165) is 19.3 Å². The van der Waals surface area contributed by atoms with Gasteiger partial charge in [-0.15, -0.1) is 0 Å². The molecule has 1 N–H and O–H groups in total. The maximum absolute atomic E-state index is 11.5. The van der Waals surface area contributed by atoms with Crippen molar-refractivity contribution in [3.8, 4) is 0 Å². The Balaban J connectivity index is 2.05. The molecule has 4 atom stereocenters. The first-order valence-electron chi connectivity index (χ1n) is 6.08. The summed E-state index contributed by atoms with van der Waals surface area (Å²) >= 11 is 0. The summed E-state index contributed by atoms with van der Waals surface area (Å²) in [5.41, 5.74) is 0.294. The van der Waals surface area contributed by atoms with E-state index in [1.54, 1.807) is 0 Å². The van der Waals surface area contributed by atoms with Gasteiger partial charge in [-0.2, -0.15) is 0 Å². The molecule has 2 heteroatoms. The Hall–Kier alpha value is -0.530. The quantitative estimate of drug-likeness (QED) is 0.719. The van der Waals surface area contributed by atoms with Crippen molar-refractivity contribution in [3.05, 3.63) is 0 Å². The van der Waals surface area contributed by atoms with Gasteiger partial charge in [0.1, 0.15) is 0 Å². The van der Waals surface area contributed by atoms with E-state index in [1.807, 2.05) is 0 Å². The van der Waals surface area contributed by atoms with Gasteiger partial charge in [0.05, 0.1) is 5.41 Å². The third-order valence-electron chi connectivity index (χ3n) is 5.08. The summed E-state index contributed by atoms with van der Waals surface area (Å²) < 4.78 is 0. The minimum Gasteiger partial charge on any atom is -0.481 e. The summed E-state index contributed by atoms with van der Waals surface area (Å²) in [5, 5.41) is 9.51. The minimum atomic E-state index is -0.524. The lowest BCUT2D eigenvalue weighted by molar-refractivity contribution is -0.185. The van der Waals surface area contributed by atoms with Crippen LogP contribution in [0.15, 0.2) is 0 Å². The molecule has 0 aromatic carbocycles. The van der Waals surface area contributed by atoms with Gasteiger partial charge in [0, 0.05) is 0 Å². The number of hydrogen-bond donors (Lipinski definition) is 1. The highest BCUT2D eigenvalue weighted by molar-refractivity contribution is 5.75. The second-order valence-electron chi connectivity index (χ2n) is 7.22. The highest BCUT2D eigenvalue weighted by Crippen LogP contribution is 2.69. The van der Waals surface area contributed by atoms with Crippen molar-refractivity contribution in [3.63, 3.8) is 0 Å². The van der Waals surface area contributed by atoms with Gasteiger partial charge in [-0.25, -0.2) is 0 Å².